The summed E-state index contributed by atoms with van der Waals surface area (Å²) >= 11 is 0. The Balaban J connectivity index is 1.98. The summed E-state index contributed by atoms with van der Waals surface area (Å²) in [6, 6.07) is 7.83. The van der Waals surface area contributed by atoms with Gasteiger partial charge in [0.1, 0.15) is 0 Å². The summed E-state index contributed by atoms with van der Waals surface area (Å²) < 4.78 is 0. The van der Waals surface area contributed by atoms with Gasteiger partial charge in [-0.05, 0) is 18.1 Å². The molecule has 0 aliphatic carbocycles. The van der Waals surface area contributed by atoms with Gasteiger partial charge in [-0.25, -0.2) is 0 Å². The number of nitrogens with one attached hydrogen (secondary N) is 2. The van der Waals surface area contributed by atoms with Gasteiger partial charge in [-0.2, -0.15) is 0 Å². The van der Waals surface area contributed by atoms with Crippen LogP contribution in [-0.4, -0.2) is 30.2 Å². The summed E-state index contributed by atoms with van der Waals surface area (Å²) in [5.74, 6) is -0.162. The number of aliphatic hydroxyl groups is 1. The predicted molar refractivity (Wildman–Crippen MR) is 67.0 cm³/mol. The quantitative estimate of drug-likeness (QED) is 0.730. The largest absolute Gasteiger partial charge is 0.391 e. The first-order valence-corrected chi connectivity index (χ1v) is 6.01. The zero-order chi connectivity index (χ0) is 12.3. The second-order valence-electron chi connectivity index (χ2n) is 4.33. The van der Waals surface area contributed by atoms with Gasteiger partial charge >= 0.3 is 0 Å². The van der Waals surface area contributed by atoms with E-state index in [1.54, 1.807) is 0 Å². The van der Waals surface area contributed by atoms with Crippen LogP contribution in [0.15, 0.2) is 24.3 Å². The fourth-order valence-corrected chi connectivity index (χ4v) is 2.00. The van der Waals surface area contributed by atoms with Gasteiger partial charge < -0.3 is 15.7 Å². The first-order chi connectivity index (χ1) is 8.22. The van der Waals surface area contributed by atoms with E-state index in [4.69, 9.17) is 0 Å². The zero-order valence-electron chi connectivity index (χ0n) is 9.94. The van der Waals surface area contributed by atoms with Crippen molar-refractivity contribution < 1.29 is 9.90 Å². The van der Waals surface area contributed by atoms with E-state index in [1.807, 2.05) is 31.2 Å². The molecule has 0 bridgehead atoms. The van der Waals surface area contributed by atoms with Crippen LogP contribution in [0.5, 0.6) is 0 Å². The van der Waals surface area contributed by atoms with Crippen molar-refractivity contribution in [1.29, 1.82) is 0 Å². The third kappa shape index (κ3) is 2.58. The number of hydrogen-bond donors (Lipinski definition) is 3. The maximum absolute atomic E-state index is 12.0. The fourth-order valence-electron chi connectivity index (χ4n) is 2.00. The van der Waals surface area contributed by atoms with Crippen molar-refractivity contribution in [3.05, 3.63) is 29.8 Å². The van der Waals surface area contributed by atoms with Gasteiger partial charge in [0, 0.05) is 18.8 Å². The molecule has 1 heterocycles. The Kier molecular flexibility index (Phi) is 3.64. The van der Waals surface area contributed by atoms with Crippen LogP contribution in [0.3, 0.4) is 0 Å². The molecule has 0 saturated carbocycles. The minimum Gasteiger partial charge on any atom is -0.391 e. The van der Waals surface area contributed by atoms with Crippen LogP contribution < -0.4 is 10.6 Å². The average molecular weight is 234 g/mol. The van der Waals surface area contributed by atoms with Gasteiger partial charge in [0.05, 0.1) is 12.0 Å². The van der Waals surface area contributed by atoms with Crippen molar-refractivity contribution in [3.8, 4) is 0 Å². The number of benzene rings is 1. The maximum Gasteiger partial charge on any atom is 0.229 e. The first-order valence-electron chi connectivity index (χ1n) is 6.01. The molecule has 4 nitrogen and oxygen atoms in total. The summed E-state index contributed by atoms with van der Waals surface area (Å²) in [5, 5.41) is 15.4. The van der Waals surface area contributed by atoms with Crippen LogP contribution in [0.4, 0.5) is 5.69 Å². The lowest BCUT2D eigenvalue weighted by molar-refractivity contribution is -0.122. The molecule has 2 atom stereocenters. The van der Waals surface area contributed by atoms with Crippen molar-refractivity contribution in [2.45, 2.75) is 25.4 Å². The molecule has 0 spiro atoms. The Bertz CT molecular complexity index is 406. The van der Waals surface area contributed by atoms with Gasteiger partial charge in [0.25, 0.3) is 0 Å². The lowest BCUT2D eigenvalue weighted by atomic mass is 10.0. The molecule has 1 aromatic carbocycles. The van der Waals surface area contributed by atoms with Gasteiger partial charge in [-0.1, -0.05) is 25.1 Å². The standard InChI is InChI=1S/C13H18N2O2/c1-2-9(16)7-15-13(17)11-8-14-12-6-4-3-5-10(11)12/h3-6,9,11,14,16H,2,7-8H2,1H3,(H,15,17). The van der Waals surface area contributed by atoms with Gasteiger partial charge in [-0.15, -0.1) is 0 Å². The summed E-state index contributed by atoms with van der Waals surface area (Å²) in [5.41, 5.74) is 2.07. The predicted octanol–water partition coefficient (Wildman–Crippen LogP) is 1.08. The number of carbonyl (C=O) groups is 1. The Hall–Kier alpha value is -1.55. The molecule has 1 aliphatic rings. The third-order valence-electron chi connectivity index (χ3n) is 3.13. The number of para-hydroxylation sites is 1. The van der Waals surface area contributed by atoms with Crippen molar-refractivity contribution in [2.75, 3.05) is 18.4 Å². The molecular formula is C13H18N2O2. The van der Waals surface area contributed by atoms with Crippen LogP contribution in [0, 0.1) is 0 Å². The fraction of sp³-hybridized carbons (Fsp3) is 0.462. The molecule has 1 aliphatic heterocycles. The number of carbonyl (C=O) groups excluding carboxylic acids is 1. The molecule has 2 unspecified atom stereocenters. The third-order valence-corrected chi connectivity index (χ3v) is 3.13. The number of rotatable bonds is 4. The smallest absolute Gasteiger partial charge is 0.229 e. The highest BCUT2D eigenvalue weighted by Crippen LogP contribution is 2.30. The highest BCUT2D eigenvalue weighted by molar-refractivity contribution is 5.88. The Morgan fingerprint density at radius 1 is 1.59 bits per heavy atom. The number of fused-ring (bicyclic) bond motifs is 1. The van der Waals surface area contributed by atoms with Gasteiger partial charge in [0.2, 0.25) is 5.91 Å². The molecule has 0 aromatic heterocycles. The molecule has 1 amide bonds. The van der Waals surface area contributed by atoms with Crippen molar-refractivity contribution in [1.82, 2.24) is 5.32 Å². The number of aliphatic hydroxyl groups excluding tert-OH is 1. The molecule has 0 saturated heterocycles. The molecule has 2 rings (SSSR count). The molecule has 92 valence electrons. The van der Waals surface area contributed by atoms with E-state index in [2.05, 4.69) is 10.6 Å². The van der Waals surface area contributed by atoms with Crippen LogP contribution in [0.2, 0.25) is 0 Å². The van der Waals surface area contributed by atoms with Crippen LogP contribution in [0.25, 0.3) is 0 Å². The number of hydrogen-bond acceptors (Lipinski definition) is 3. The van der Waals surface area contributed by atoms with E-state index in [9.17, 15) is 9.90 Å². The minimum absolute atomic E-state index is 0.0186. The second-order valence-corrected chi connectivity index (χ2v) is 4.33. The van der Waals surface area contributed by atoms with Gasteiger partial charge in [-0.3, -0.25) is 4.79 Å². The maximum atomic E-state index is 12.0. The number of anilines is 1. The molecule has 4 heteroatoms. The molecule has 3 N–H and O–H groups in total. The van der Waals surface area contributed by atoms with E-state index in [0.717, 1.165) is 11.3 Å². The highest BCUT2D eigenvalue weighted by atomic mass is 16.3. The topological polar surface area (TPSA) is 61.4 Å². The normalized spacial score (nSPS) is 19.3. The van der Waals surface area contributed by atoms with E-state index in [0.29, 0.717) is 19.5 Å². The van der Waals surface area contributed by atoms with E-state index >= 15 is 0 Å². The highest BCUT2D eigenvalue weighted by Gasteiger charge is 2.27. The monoisotopic (exact) mass is 234 g/mol. The van der Waals surface area contributed by atoms with Crippen LogP contribution in [0.1, 0.15) is 24.8 Å². The van der Waals surface area contributed by atoms with E-state index in [1.165, 1.54) is 0 Å². The van der Waals surface area contributed by atoms with Crippen LogP contribution >= 0.6 is 0 Å². The lowest BCUT2D eigenvalue weighted by Gasteiger charge is -2.13. The van der Waals surface area contributed by atoms with Crippen molar-refractivity contribution in [3.63, 3.8) is 0 Å². The summed E-state index contributed by atoms with van der Waals surface area (Å²) in [4.78, 5) is 12.0. The van der Waals surface area contributed by atoms with Crippen molar-refractivity contribution >= 4 is 11.6 Å². The van der Waals surface area contributed by atoms with E-state index in [-0.39, 0.29) is 11.8 Å². The SMILES string of the molecule is CCC(O)CNC(=O)C1CNc2ccccc21. The molecular weight excluding hydrogens is 216 g/mol. The Morgan fingerprint density at radius 2 is 2.35 bits per heavy atom. The first kappa shape index (κ1) is 11.9. The van der Waals surface area contributed by atoms with E-state index < -0.39 is 6.10 Å². The Labute approximate surface area is 101 Å². The van der Waals surface area contributed by atoms with Gasteiger partial charge in [0.15, 0.2) is 0 Å². The minimum atomic E-state index is -0.455. The molecule has 0 fully saturated rings. The second kappa shape index (κ2) is 5.19. The van der Waals surface area contributed by atoms with Crippen LogP contribution in [-0.2, 0) is 4.79 Å². The summed E-state index contributed by atoms with van der Waals surface area (Å²) in [6.07, 6.45) is 0.198. The molecule has 0 radical (unpaired) electrons. The Morgan fingerprint density at radius 3 is 3.12 bits per heavy atom. The summed E-state index contributed by atoms with van der Waals surface area (Å²) in [7, 11) is 0. The average Bonchev–Trinajstić information content (AvgIpc) is 2.79. The molecule has 17 heavy (non-hydrogen) atoms. The zero-order valence-corrected chi connectivity index (χ0v) is 9.94. The summed E-state index contributed by atoms with van der Waals surface area (Å²) in [6.45, 7) is 2.85. The number of amides is 1. The lowest BCUT2D eigenvalue weighted by Crippen LogP contribution is -2.35. The van der Waals surface area contributed by atoms with Crippen molar-refractivity contribution in [2.24, 2.45) is 0 Å². The molecule has 1 aromatic rings.